The number of methoxy groups -OCH3 is 4. The number of alkyl carbamates (subject to hydrolysis) is 1. The first kappa shape index (κ1) is 70.9. The second-order valence-electron chi connectivity index (χ2n) is 23.0. The Bertz CT molecular complexity index is 3640. The molecule has 2 saturated heterocycles. The summed E-state index contributed by atoms with van der Waals surface area (Å²) in [6, 6.07) is 51.8. The van der Waals surface area contributed by atoms with Gasteiger partial charge in [-0.25, -0.2) is 9.59 Å². The van der Waals surface area contributed by atoms with Crippen LogP contribution >= 0.6 is 11.8 Å². The van der Waals surface area contributed by atoms with E-state index in [1.165, 1.54) is 18.9 Å². The summed E-state index contributed by atoms with van der Waals surface area (Å²) in [6.45, 7) is -1.51. The standard InChI is InChI=1S/C73H78N2O21S/c1-84-48-29-23-45(24-30-48)37-90-66-60(96-72(97-51-17-9-6-10-18-51)68(92-39-47-27-33-50(86-3)34-28-47)67(66)91-38-46-25-31-49(85-2)32-26-46)43-89-61(76)35-57(75-73(83)94-41-56-54-21-13-11-19-52(54)53-20-12-14-22-55(53)56)69(81)74-58(70(82)93-40-44-15-7-5-8-16-44)36-62(77)88-42-59-63(78)64(79)65(80)71(87-4)95-59/h5-34,56-60,63-68,71-72,78-80H,35-43H2,1-4H3,(H,74,81)(H,75,83)/t57-,58-,59+,60+,63+,64-,65-,66+,67-,68-,71-,72+/m0/s1. The van der Waals surface area contributed by atoms with Gasteiger partial charge in [-0.1, -0.05) is 145 Å². The number of benzene rings is 7. The number of hydrogen-bond acceptors (Lipinski definition) is 22. The first-order valence-electron chi connectivity index (χ1n) is 31.5. The van der Waals surface area contributed by atoms with E-state index in [0.29, 0.717) is 22.8 Å². The lowest BCUT2D eigenvalue weighted by molar-refractivity contribution is -0.295. The molecule has 2 fully saturated rings. The number of esters is 3. The van der Waals surface area contributed by atoms with Gasteiger partial charge in [-0.2, -0.15) is 0 Å². The van der Waals surface area contributed by atoms with E-state index in [-0.39, 0.29) is 33.0 Å². The number of hydrogen-bond donors (Lipinski definition) is 5. The quantitative estimate of drug-likeness (QED) is 0.0205. The van der Waals surface area contributed by atoms with Crippen LogP contribution in [-0.4, -0.2) is 166 Å². The molecule has 97 heavy (non-hydrogen) atoms. The van der Waals surface area contributed by atoms with Crippen LogP contribution in [0.5, 0.6) is 17.2 Å². The van der Waals surface area contributed by atoms with Crippen molar-refractivity contribution in [2.75, 3.05) is 48.3 Å². The maximum Gasteiger partial charge on any atom is 0.407 e. The molecule has 10 rings (SSSR count). The van der Waals surface area contributed by atoms with E-state index in [9.17, 15) is 39.3 Å². The van der Waals surface area contributed by atoms with Gasteiger partial charge in [-0.15, -0.1) is 0 Å². The van der Waals surface area contributed by atoms with E-state index >= 15 is 0 Å². The van der Waals surface area contributed by atoms with Crippen LogP contribution in [0.2, 0.25) is 0 Å². The van der Waals surface area contributed by atoms with Crippen LogP contribution in [0.4, 0.5) is 4.79 Å². The molecular formula is C73H78N2O21S. The largest absolute Gasteiger partial charge is 0.497 e. The number of amides is 2. The van der Waals surface area contributed by atoms with Gasteiger partial charge in [0.2, 0.25) is 5.91 Å². The van der Waals surface area contributed by atoms with Crippen LogP contribution in [0.1, 0.15) is 52.1 Å². The molecule has 1 aliphatic carbocycles. The Morgan fingerprint density at radius 2 is 0.928 bits per heavy atom. The van der Waals surface area contributed by atoms with Crippen molar-refractivity contribution in [2.45, 2.75) is 123 Å². The van der Waals surface area contributed by atoms with Crippen LogP contribution in [-0.2, 0) is 93.0 Å². The molecule has 0 bridgehead atoms. The molecule has 0 unspecified atom stereocenters. The van der Waals surface area contributed by atoms with Crippen molar-refractivity contribution in [1.29, 1.82) is 0 Å². The SMILES string of the molecule is COc1ccc(CO[C@@H]2[C@H](OCc3ccc(OC)cc3)[C@@H](Sc3ccccc3)O[C@H](COC(=O)C[C@H](NC(=O)OCC3c4ccccc4-c4ccccc43)C(=O)N[C@@H](CC(=O)OC[C@H]3O[C@H](OC)[C@@H](O)[C@@H](O)[C@@H]3O)C(=O)OCc3ccccc3)[C@H]2OCc2ccc(OC)cc2)cc1. The van der Waals surface area contributed by atoms with Gasteiger partial charge >= 0.3 is 24.0 Å². The Hall–Kier alpha value is -8.92. The minimum atomic E-state index is -1.86. The van der Waals surface area contributed by atoms with Crippen molar-refractivity contribution in [3.8, 4) is 28.4 Å². The van der Waals surface area contributed by atoms with Gasteiger partial charge in [-0.3, -0.25) is 14.4 Å². The van der Waals surface area contributed by atoms with Crippen LogP contribution in [0, 0.1) is 0 Å². The van der Waals surface area contributed by atoms with Crippen molar-refractivity contribution in [1.82, 2.24) is 10.6 Å². The van der Waals surface area contributed by atoms with Crippen molar-refractivity contribution >= 4 is 41.7 Å². The molecule has 2 aliphatic heterocycles. The summed E-state index contributed by atoms with van der Waals surface area (Å²) in [4.78, 5) is 72.6. The molecule has 2 amide bonds. The predicted molar refractivity (Wildman–Crippen MR) is 351 cm³/mol. The molecule has 2 heterocycles. The number of carbonyl (C=O) groups is 5. The number of aliphatic hydroxyl groups excluding tert-OH is 3. The molecule has 0 radical (unpaired) electrons. The Morgan fingerprint density at radius 1 is 0.454 bits per heavy atom. The predicted octanol–water partition coefficient (Wildman–Crippen LogP) is 7.74. The highest BCUT2D eigenvalue weighted by atomic mass is 32.2. The Morgan fingerprint density at radius 3 is 1.46 bits per heavy atom. The van der Waals surface area contributed by atoms with E-state index in [4.69, 9.17) is 61.6 Å². The Balaban J connectivity index is 0.935. The zero-order valence-electron chi connectivity index (χ0n) is 53.8. The fraction of sp³-hybridized carbons (Fsp3) is 0.356. The average molecular weight is 1350 g/mol. The van der Waals surface area contributed by atoms with E-state index in [1.54, 1.807) is 63.8 Å². The number of rotatable bonds is 31. The molecule has 12 atom stereocenters. The summed E-state index contributed by atoms with van der Waals surface area (Å²) in [7, 11) is 5.92. The molecule has 7 aromatic carbocycles. The molecule has 24 heteroatoms. The van der Waals surface area contributed by atoms with Gasteiger partial charge in [-0.05, 0) is 93.0 Å². The van der Waals surface area contributed by atoms with Gasteiger partial charge in [0, 0.05) is 17.9 Å². The number of ether oxygens (including phenoxy) is 13. The molecule has 0 spiro atoms. The second-order valence-corrected chi connectivity index (χ2v) is 24.2. The molecule has 23 nitrogen and oxygen atoms in total. The van der Waals surface area contributed by atoms with Gasteiger partial charge in [0.25, 0.3) is 0 Å². The van der Waals surface area contributed by atoms with Crippen LogP contribution in [0.15, 0.2) is 187 Å². The first-order valence-corrected chi connectivity index (χ1v) is 32.3. The fourth-order valence-electron chi connectivity index (χ4n) is 11.4. The monoisotopic (exact) mass is 1350 g/mol. The lowest BCUT2D eigenvalue weighted by atomic mass is 9.98. The highest BCUT2D eigenvalue weighted by Gasteiger charge is 2.50. The number of fused-ring (bicyclic) bond motifs is 3. The maximum atomic E-state index is 14.9. The van der Waals surface area contributed by atoms with Crippen molar-refractivity contribution < 1.29 is 101 Å². The van der Waals surface area contributed by atoms with Gasteiger partial charge in [0.15, 0.2) is 6.29 Å². The topological polar surface area (TPSA) is 290 Å². The van der Waals surface area contributed by atoms with E-state index in [2.05, 4.69) is 10.6 Å². The summed E-state index contributed by atoms with van der Waals surface area (Å²) < 4.78 is 77.7. The Labute approximate surface area is 565 Å². The third-order valence-corrected chi connectivity index (χ3v) is 17.8. The molecule has 0 saturated carbocycles. The van der Waals surface area contributed by atoms with Crippen molar-refractivity contribution in [2.24, 2.45) is 0 Å². The van der Waals surface area contributed by atoms with Crippen molar-refractivity contribution in [3.63, 3.8) is 0 Å². The van der Waals surface area contributed by atoms with Crippen LogP contribution in [0.25, 0.3) is 11.1 Å². The smallest absolute Gasteiger partial charge is 0.407 e. The van der Waals surface area contributed by atoms with Crippen LogP contribution in [0.3, 0.4) is 0 Å². The fourth-order valence-corrected chi connectivity index (χ4v) is 12.5. The minimum Gasteiger partial charge on any atom is -0.497 e. The zero-order valence-corrected chi connectivity index (χ0v) is 54.6. The Kier molecular flexibility index (Phi) is 25.5. The lowest BCUT2D eigenvalue weighted by Crippen LogP contribution is -2.60. The summed E-state index contributed by atoms with van der Waals surface area (Å²) >= 11 is 1.36. The molecule has 7 aromatic rings. The molecule has 512 valence electrons. The second kappa shape index (κ2) is 34.8. The highest BCUT2D eigenvalue weighted by Crippen LogP contribution is 2.45. The van der Waals surface area contributed by atoms with E-state index in [1.807, 2.05) is 140 Å². The summed E-state index contributed by atoms with van der Waals surface area (Å²) in [5.41, 5.74) is 5.79. The van der Waals surface area contributed by atoms with E-state index in [0.717, 1.165) is 43.8 Å². The highest BCUT2D eigenvalue weighted by molar-refractivity contribution is 7.99. The van der Waals surface area contributed by atoms with Gasteiger partial charge < -0.3 is 87.5 Å². The summed E-state index contributed by atoms with van der Waals surface area (Å²) in [5.74, 6) is -2.90. The van der Waals surface area contributed by atoms with Crippen molar-refractivity contribution in [3.05, 3.63) is 215 Å². The van der Waals surface area contributed by atoms with Crippen LogP contribution < -0.4 is 24.8 Å². The molecule has 5 N–H and O–H groups in total. The molecular weight excluding hydrogens is 1270 g/mol. The zero-order chi connectivity index (χ0) is 68.2. The average Bonchev–Trinajstić information content (AvgIpc) is 1.67. The number of aliphatic hydroxyl groups is 3. The number of nitrogens with one attached hydrogen (secondary N) is 2. The number of thioether (sulfide) groups is 1. The minimum absolute atomic E-state index is 0.0131. The van der Waals surface area contributed by atoms with Gasteiger partial charge in [0.1, 0.15) is 110 Å². The molecule has 3 aliphatic rings. The molecule has 0 aromatic heterocycles. The maximum absolute atomic E-state index is 14.9. The number of carbonyl (C=O) groups excluding carboxylic acids is 5. The first-order chi connectivity index (χ1) is 47.2. The third-order valence-electron chi connectivity index (χ3n) is 16.6. The summed E-state index contributed by atoms with van der Waals surface area (Å²) in [6.07, 6.45) is -14.8. The lowest BCUT2D eigenvalue weighted by Gasteiger charge is -2.46. The summed E-state index contributed by atoms with van der Waals surface area (Å²) in [5, 5.41) is 36.5. The third kappa shape index (κ3) is 19.0. The normalized spacial score (nSPS) is 21.7. The van der Waals surface area contributed by atoms with E-state index < -0.39 is 135 Å². The van der Waals surface area contributed by atoms with Gasteiger partial charge in [0.05, 0.1) is 54.0 Å².